The number of amides is 1. The van der Waals surface area contributed by atoms with Gasteiger partial charge in [-0.25, -0.2) is 0 Å². The van der Waals surface area contributed by atoms with Crippen molar-refractivity contribution in [2.45, 2.75) is 12.1 Å². The molecule has 0 spiro atoms. The molecule has 1 aliphatic rings. The highest BCUT2D eigenvalue weighted by Gasteiger charge is 2.31. The van der Waals surface area contributed by atoms with E-state index in [9.17, 15) is 24.5 Å². The topological polar surface area (TPSA) is 126 Å². The van der Waals surface area contributed by atoms with Crippen molar-refractivity contribution in [3.8, 4) is 11.5 Å². The SMILES string of the molecule is O=NCC(N=O)c1ccccc1C(=O)N1CCSC[C@H]1COc1cccc(O)c1C(=O)S. The second kappa shape index (κ2) is 11.1. The fourth-order valence-electron chi connectivity index (χ4n) is 3.50. The average Bonchev–Trinajstić information content (AvgIpc) is 2.80. The number of thiol groups is 1. The van der Waals surface area contributed by atoms with Gasteiger partial charge in [-0.15, -0.1) is 12.6 Å². The highest BCUT2D eigenvalue weighted by atomic mass is 32.2. The quantitative estimate of drug-likeness (QED) is 0.419. The summed E-state index contributed by atoms with van der Waals surface area (Å²) in [5, 5.41) is 15.0. The lowest BCUT2D eigenvalue weighted by Gasteiger charge is -2.36. The predicted molar refractivity (Wildman–Crippen MR) is 125 cm³/mol. The number of phenolic OH excluding ortho intramolecular Hbond substituents is 1. The molecule has 0 aromatic heterocycles. The third-order valence-electron chi connectivity index (χ3n) is 5.06. The smallest absolute Gasteiger partial charge is 0.254 e. The van der Waals surface area contributed by atoms with Gasteiger partial charge in [0.2, 0.25) is 5.12 Å². The minimum Gasteiger partial charge on any atom is -0.507 e. The molecule has 0 aliphatic carbocycles. The Bertz CT molecular complexity index is 1020. The number of nitrogens with zero attached hydrogens (tertiary/aromatic N) is 3. The van der Waals surface area contributed by atoms with E-state index in [-0.39, 0.29) is 47.7 Å². The second-order valence-corrected chi connectivity index (χ2v) is 8.57. The number of nitroso groups, excluding NO2 is 2. The van der Waals surface area contributed by atoms with Gasteiger partial charge in [-0.1, -0.05) is 34.6 Å². The molecule has 32 heavy (non-hydrogen) atoms. The zero-order valence-electron chi connectivity index (χ0n) is 16.9. The fourth-order valence-corrected chi connectivity index (χ4v) is 4.76. The monoisotopic (exact) mass is 475 g/mol. The van der Waals surface area contributed by atoms with Crippen LogP contribution in [0.3, 0.4) is 0 Å². The molecule has 1 amide bonds. The van der Waals surface area contributed by atoms with Gasteiger partial charge in [-0.3, -0.25) is 9.59 Å². The van der Waals surface area contributed by atoms with Crippen LogP contribution in [-0.2, 0) is 0 Å². The average molecular weight is 476 g/mol. The van der Waals surface area contributed by atoms with Crippen molar-refractivity contribution in [3.05, 3.63) is 69.0 Å². The first-order chi connectivity index (χ1) is 15.5. The molecule has 0 radical (unpaired) electrons. The Morgan fingerprint density at radius 1 is 1.22 bits per heavy atom. The van der Waals surface area contributed by atoms with Crippen molar-refractivity contribution in [2.75, 3.05) is 31.2 Å². The summed E-state index contributed by atoms with van der Waals surface area (Å²) in [5.74, 6) is 0.953. The number of rotatable bonds is 9. The predicted octanol–water partition coefficient (Wildman–Crippen LogP) is 3.67. The van der Waals surface area contributed by atoms with E-state index in [4.69, 9.17) is 4.74 Å². The zero-order valence-corrected chi connectivity index (χ0v) is 18.6. The molecule has 1 N–H and O–H groups in total. The van der Waals surface area contributed by atoms with E-state index >= 15 is 0 Å². The first kappa shape index (κ1) is 23.7. The maximum atomic E-state index is 13.4. The Morgan fingerprint density at radius 2 is 2.00 bits per heavy atom. The number of carbonyl (C=O) groups excluding carboxylic acids is 2. The van der Waals surface area contributed by atoms with Crippen LogP contribution in [0.2, 0.25) is 0 Å². The lowest BCUT2D eigenvalue weighted by molar-refractivity contribution is 0.0645. The van der Waals surface area contributed by atoms with E-state index in [2.05, 4.69) is 23.0 Å². The molecule has 0 saturated carbocycles. The van der Waals surface area contributed by atoms with Gasteiger partial charge in [0.15, 0.2) is 0 Å². The molecule has 2 aromatic carbocycles. The van der Waals surface area contributed by atoms with Crippen LogP contribution in [-0.4, -0.2) is 58.3 Å². The number of thioether (sulfide) groups is 1. The van der Waals surface area contributed by atoms with Crippen LogP contribution in [0.4, 0.5) is 0 Å². The molecule has 1 fully saturated rings. The summed E-state index contributed by atoms with van der Waals surface area (Å²) < 4.78 is 5.81. The normalized spacial score (nSPS) is 16.8. The Kier molecular flexibility index (Phi) is 8.23. The fraction of sp³-hybridized carbons (Fsp3) is 0.333. The molecular weight excluding hydrogens is 454 g/mol. The molecule has 1 aliphatic heterocycles. The van der Waals surface area contributed by atoms with Gasteiger partial charge in [0.05, 0.1) is 6.04 Å². The Morgan fingerprint density at radius 3 is 2.72 bits per heavy atom. The van der Waals surface area contributed by atoms with Gasteiger partial charge in [-0.05, 0) is 23.8 Å². The molecule has 3 rings (SSSR count). The van der Waals surface area contributed by atoms with Gasteiger partial charge >= 0.3 is 0 Å². The minimum atomic E-state index is -1.04. The van der Waals surface area contributed by atoms with E-state index < -0.39 is 11.2 Å². The van der Waals surface area contributed by atoms with Crippen LogP contribution in [0.25, 0.3) is 0 Å². The van der Waals surface area contributed by atoms with E-state index in [0.717, 1.165) is 5.75 Å². The standard InChI is InChI=1S/C21H21N3O6S2/c25-17-6-3-7-18(19(17)21(27)31)30-11-13-12-32-9-8-24(13)20(26)15-5-2-1-4-14(15)16(23-29)10-22-28/h1-7,13,16,25H,8-12H2,(H,27,31)/t13-,16?/m1/s1. The van der Waals surface area contributed by atoms with Gasteiger partial charge in [0, 0.05) is 23.6 Å². The molecule has 9 nitrogen and oxygen atoms in total. The largest absolute Gasteiger partial charge is 0.507 e. The zero-order chi connectivity index (χ0) is 23.1. The summed E-state index contributed by atoms with van der Waals surface area (Å²) in [6, 6.07) is 9.61. The lowest BCUT2D eigenvalue weighted by Crippen LogP contribution is -2.49. The molecular formula is C21H21N3O6S2. The third-order valence-corrected chi connectivity index (χ3v) is 6.38. The third kappa shape index (κ3) is 5.28. The van der Waals surface area contributed by atoms with E-state index in [1.807, 2.05) is 0 Å². The van der Waals surface area contributed by atoms with Crippen LogP contribution < -0.4 is 4.74 Å². The molecule has 1 unspecified atom stereocenters. The molecule has 11 heteroatoms. The summed E-state index contributed by atoms with van der Waals surface area (Å²) in [7, 11) is 0. The van der Waals surface area contributed by atoms with Crippen molar-refractivity contribution in [1.29, 1.82) is 0 Å². The molecule has 0 bridgehead atoms. The maximum absolute atomic E-state index is 13.4. The van der Waals surface area contributed by atoms with Crippen molar-refractivity contribution >= 4 is 35.4 Å². The van der Waals surface area contributed by atoms with E-state index in [1.165, 1.54) is 6.07 Å². The number of benzene rings is 2. The molecule has 1 saturated heterocycles. The highest BCUT2D eigenvalue weighted by Crippen LogP contribution is 2.30. The van der Waals surface area contributed by atoms with E-state index in [0.29, 0.717) is 17.9 Å². The van der Waals surface area contributed by atoms with Gasteiger partial charge < -0.3 is 14.7 Å². The number of hydrogen-bond donors (Lipinski definition) is 2. The van der Waals surface area contributed by atoms with Crippen LogP contribution in [0.5, 0.6) is 11.5 Å². The number of ether oxygens (including phenoxy) is 1. The van der Waals surface area contributed by atoms with Crippen molar-refractivity contribution in [3.63, 3.8) is 0 Å². The first-order valence-corrected chi connectivity index (χ1v) is 11.3. The Hall–Kier alpha value is -2.92. The van der Waals surface area contributed by atoms with Crippen LogP contribution >= 0.6 is 24.4 Å². The minimum absolute atomic E-state index is 0.0382. The van der Waals surface area contributed by atoms with Crippen molar-refractivity contribution in [2.24, 2.45) is 10.4 Å². The number of aromatic hydroxyl groups is 1. The van der Waals surface area contributed by atoms with E-state index in [1.54, 1.807) is 53.1 Å². The number of phenols is 1. The summed E-state index contributed by atoms with van der Waals surface area (Å²) in [5.41, 5.74) is 0.589. The lowest BCUT2D eigenvalue weighted by atomic mass is 9.99. The molecule has 2 atom stereocenters. The van der Waals surface area contributed by atoms with Crippen LogP contribution in [0.1, 0.15) is 32.3 Å². The maximum Gasteiger partial charge on any atom is 0.254 e. The number of hydrogen-bond acceptors (Lipinski definition) is 9. The van der Waals surface area contributed by atoms with Crippen LogP contribution in [0.15, 0.2) is 52.8 Å². The summed E-state index contributed by atoms with van der Waals surface area (Å²) in [6.07, 6.45) is 0. The highest BCUT2D eigenvalue weighted by molar-refractivity contribution is 7.99. The van der Waals surface area contributed by atoms with Gasteiger partial charge in [0.1, 0.15) is 36.3 Å². The second-order valence-electron chi connectivity index (χ2n) is 7.01. The number of carbonyl (C=O) groups is 2. The van der Waals surface area contributed by atoms with Gasteiger partial charge in [-0.2, -0.15) is 21.6 Å². The molecule has 2 aromatic rings. The van der Waals surface area contributed by atoms with Gasteiger partial charge in [0.25, 0.3) is 5.91 Å². The Labute approximate surface area is 193 Å². The first-order valence-electron chi connectivity index (χ1n) is 9.75. The molecule has 1 heterocycles. The summed E-state index contributed by atoms with van der Waals surface area (Å²) in [6.45, 7) is 0.188. The van der Waals surface area contributed by atoms with Crippen molar-refractivity contribution < 1.29 is 19.4 Å². The summed E-state index contributed by atoms with van der Waals surface area (Å²) >= 11 is 5.45. The summed E-state index contributed by atoms with van der Waals surface area (Å²) in [4.78, 5) is 48.7. The van der Waals surface area contributed by atoms with Crippen molar-refractivity contribution in [1.82, 2.24) is 4.90 Å². The molecule has 168 valence electrons. The van der Waals surface area contributed by atoms with Crippen LogP contribution in [0, 0.1) is 9.81 Å². The Balaban J connectivity index is 1.83.